The quantitative estimate of drug-likeness (QED) is 0.605. The van der Waals surface area contributed by atoms with Crippen molar-refractivity contribution >= 4 is 62.7 Å². The number of carboxylic acids is 1. The Morgan fingerprint density at radius 1 is 1.26 bits per heavy atom. The lowest BCUT2D eigenvalue weighted by Gasteiger charge is -2.05. The second-order valence-electron chi connectivity index (χ2n) is 4.56. The Labute approximate surface area is 150 Å². The molecule has 3 rings (SSSR count). The van der Waals surface area contributed by atoms with Crippen LogP contribution in [0.25, 0.3) is 10.6 Å². The molecule has 8 heteroatoms. The normalized spacial score (nSPS) is 10.7. The molecule has 1 aromatic carbocycles. The number of thiophene rings is 1. The average Bonchev–Trinajstić information content (AvgIpc) is 3.13. The van der Waals surface area contributed by atoms with E-state index in [0.717, 1.165) is 4.88 Å². The van der Waals surface area contributed by atoms with Gasteiger partial charge in [0.1, 0.15) is 0 Å². The van der Waals surface area contributed by atoms with Gasteiger partial charge in [-0.05, 0) is 23.6 Å². The predicted molar refractivity (Wildman–Crippen MR) is 96.5 cm³/mol. The maximum Gasteiger partial charge on any atom is 0.308 e. The lowest BCUT2D eigenvalue weighted by atomic mass is 10.2. The smallest absolute Gasteiger partial charge is 0.308 e. The summed E-state index contributed by atoms with van der Waals surface area (Å²) in [6.45, 7) is 0. The van der Waals surface area contributed by atoms with Crippen LogP contribution in [0.1, 0.15) is 4.88 Å². The largest absolute Gasteiger partial charge is 0.481 e. The predicted octanol–water partition coefficient (Wildman–Crippen LogP) is 5.55. The third-order valence-corrected chi connectivity index (χ3v) is 5.62. The minimum atomic E-state index is -0.890. The third kappa shape index (κ3) is 3.67. The van der Waals surface area contributed by atoms with Crippen LogP contribution in [0.15, 0.2) is 35.7 Å². The van der Waals surface area contributed by atoms with Crippen molar-refractivity contribution in [3.63, 3.8) is 0 Å². The maximum absolute atomic E-state index is 11.1. The fourth-order valence-corrected chi connectivity index (χ4v) is 4.12. The highest BCUT2D eigenvalue weighted by Gasteiger charge is 2.17. The molecule has 0 unspecified atom stereocenters. The van der Waals surface area contributed by atoms with E-state index in [0.29, 0.717) is 31.4 Å². The molecule has 0 aliphatic rings. The van der Waals surface area contributed by atoms with E-state index in [-0.39, 0.29) is 6.42 Å². The minimum absolute atomic E-state index is 0.0736. The first-order valence-electron chi connectivity index (χ1n) is 6.51. The SMILES string of the molecule is O=C(O)Cc1sc(Nc2cccc(Cl)c2Cl)nc1-c1cccs1. The Bertz CT molecular complexity index is 847. The summed E-state index contributed by atoms with van der Waals surface area (Å²) in [6.07, 6.45) is -0.0736. The van der Waals surface area contributed by atoms with Gasteiger partial charge in [-0.3, -0.25) is 4.79 Å². The van der Waals surface area contributed by atoms with Crippen molar-refractivity contribution < 1.29 is 9.90 Å². The van der Waals surface area contributed by atoms with Crippen molar-refractivity contribution in [1.29, 1.82) is 0 Å². The van der Waals surface area contributed by atoms with E-state index in [4.69, 9.17) is 28.3 Å². The molecule has 2 heterocycles. The molecule has 0 spiro atoms. The number of nitrogens with zero attached hydrogens (tertiary/aromatic N) is 1. The first-order valence-corrected chi connectivity index (χ1v) is 8.96. The van der Waals surface area contributed by atoms with Crippen molar-refractivity contribution in [3.05, 3.63) is 50.6 Å². The zero-order chi connectivity index (χ0) is 16.4. The molecule has 2 aromatic heterocycles. The summed E-state index contributed by atoms with van der Waals surface area (Å²) in [5, 5.41) is 15.6. The van der Waals surface area contributed by atoms with E-state index in [2.05, 4.69) is 10.3 Å². The van der Waals surface area contributed by atoms with Gasteiger partial charge in [0, 0.05) is 4.88 Å². The topological polar surface area (TPSA) is 62.2 Å². The average molecular weight is 385 g/mol. The first-order chi connectivity index (χ1) is 11.0. The number of halogens is 2. The van der Waals surface area contributed by atoms with Crippen molar-refractivity contribution in [3.8, 4) is 10.6 Å². The number of hydrogen-bond acceptors (Lipinski definition) is 5. The van der Waals surface area contributed by atoms with Gasteiger partial charge in [-0.1, -0.05) is 35.3 Å². The second-order valence-corrected chi connectivity index (χ2v) is 7.38. The van der Waals surface area contributed by atoms with E-state index in [1.165, 1.54) is 22.7 Å². The van der Waals surface area contributed by atoms with Crippen LogP contribution in [-0.2, 0) is 11.2 Å². The van der Waals surface area contributed by atoms with E-state index in [1.54, 1.807) is 18.2 Å². The Morgan fingerprint density at radius 3 is 2.78 bits per heavy atom. The second kappa shape index (κ2) is 6.88. The number of nitrogens with one attached hydrogen (secondary N) is 1. The Hall–Kier alpha value is -1.60. The van der Waals surface area contributed by atoms with E-state index in [1.807, 2.05) is 17.5 Å². The van der Waals surface area contributed by atoms with Crippen LogP contribution in [0.4, 0.5) is 10.8 Å². The highest BCUT2D eigenvalue weighted by molar-refractivity contribution is 7.17. The molecular formula is C15H10Cl2N2O2S2. The Morgan fingerprint density at radius 2 is 2.09 bits per heavy atom. The summed E-state index contributed by atoms with van der Waals surface area (Å²) >= 11 is 15.0. The summed E-state index contributed by atoms with van der Waals surface area (Å²) in [4.78, 5) is 17.2. The molecule has 2 N–H and O–H groups in total. The molecule has 118 valence electrons. The van der Waals surface area contributed by atoms with Crippen molar-refractivity contribution in [2.24, 2.45) is 0 Å². The molecule has 0 saturated carbocycles. The number of benzene rings is 1. The zero-order valence-corrected chi connectivity index (χ0v) is 14.7. The maximum atomic E-state index is 11.1. The molecule has 0 saturated heterocycles. The number of carboxylic acid groups (broad SMARTS) is 1. The summed E-state index contributed by atoms with van der Waals surface area (Å²) in [5.74, 6) is -0.890. The molecule has 0 fully saturated rings. The van der Waals surface area contributed by atoms with E-state index >= 15 is 0 Å². The van der Waals surface area contributed by atoms with Crippen molar-refractivity contribution in [1.82, 2.24) is 4.98 Å². The lowest BCUT2D eigenvalue weighted by Crippen LogP contribution is -1.98. The number of hydrogen-bond donors (Lipinski definition) is 2. The number of aliphatic carboxylic acids is 1. The summed E-state index contributed by atoms with van der Waals surface area (Å²) in [6, 6.07) is 9.09. The fourth-order valence-electron chi connectivity index (χ4n) is 1.98. The Balaban J connectivity index is 1.97. The van der Waals surface area contributed by atoms with Gasteiger partial charge in [-0.2, -0.15) is 0 Å². The highest BCUT2D eigenvalue weighted by Crippen LogP contribution is 2.37. The van der Waals surface area contributed by atoms with Crippen LogP contribution in [-0.4, -0.2) is 16.1 Å². The van der Waals surface area contributed by atoms with Gasteiger partial charge >= 0.3 is 5.97 Å². The van der Waals surface area contributed by atoms with Crippen LogP contribution in [0, 0.1) is 0 Å². The van der Waals surface area contributed by atoms with Crippen LogP contribution in [0.3, 0.4) is 0 Å². The van der Waals surface area contributed by atoms with Crippen LogP contribution in [0.5, 0.6) is 0 Å². The van der Waals surface area contributed by atoms with Gasteiger partial charge in [-0.15, -0.1) is 22.7 Å². The molecule has 0 amide bonds. The van der Waals surface area contributed by atoms with Crippen molar-refractivity contribution in [2.75, 3.05) is 5.32 Å². The molecule has 23 heavy (non-hydrogen) atoms. The number of aromatic nitrogens is 1. The van der Waals surface area contributed by atoms with Crippen LogP contribution in [0.2, 0.25) is 10.0 Å². The number of rotatable bonds is 5. The van der Waals surface area contributed by atoms with Gasteiger partial charge in [0.2, 0.25) is 0 Å². The third-order valence-electron chi connectivity index (χ3n) is 2.96. The summed E-state index contributed by atoms with van der Waals surface area (Å²) in [5.41, 5.74) is 1.32. The number of carbonyl (C=O) groups is 1. The number of anilines is 2. The fraction of sp³-hybridized carbons (Fsp3) is 0.0667. The molecule has 4 nitrogen and oxygen atoms in total. The standard InChI is InChI=1S/C15H10Cl2N2O2S2/c16-8-3-1-4-9(13(8)17)18-15-19-14(10-5-2-6-22-10)11(23-15)7-12(20)21/h1-6H,7H2,(H,18,19)(H,20,21). The molecule has 3 aromatic rings. The molecule has 0 radical (unpaired) electrons. The van der Waals surface area contributed by atoms with Crippen molar-refractivity contribution in [2.45, 2.75) is 6.42 Å². The molecule has 0 atom stereocenters. The van der Waals surface area contributed by atoms with Gasteiger partial charge in [-0.25, -0.2) is 4.98 Å². The summed E-state index contributed by atoms with van der Waals surface area (Å²) in [7, 11) is 0. The van der Waals surface area contributed by atoms with E-state index < -0.39 is 5.97 Å². The number of thiazole rings is 1. The molecular weight excluding hydrogens is 375 g/mol. The van der Waals surface area contributed by atoms with Gasteiger partial charge in [0.15, 0.2) is 5.13 Å². The van der Waals surface area contributed by atoms with Crippen LogP contribution >= 0.6 is 45.9 Å². The Kier molecular flexibility index (Phi) is 4.87. The monoisotopic (exact) mass is 384 g/mol. The highest BCUT2D eigenvalue weighted by atomic mass is 35.5. The minimum Gasteiger partial charge on any atom is -0.481 e. The van der Waals surface area contributed by atoms with Gasteiger partial charge < -0.3 is 10.4 Å². The molecule has 0 aliphatic heterocycles. The molecule has 0 aliphatic carbocycles. The lowest BCUT2D eigenvalue weighted by molar-refractivity contribution is -0.136. The van der Waals surface area contributed by atoms with E-state index in [9.17, 15) is 4.79 Å². The first kappa shape index (κ1) is 16.3. The van der Waals surface area contributed by atoms with Gasteiger partial charge in [0.25, 0.3) is 0 Å². The summed E-state index contributed by atoms with van der Waals surface area (Å²) < 4.78 is 0. The van der Waals surface area contributed by atoms with Crippen LogP contribution < -0.4 is 5.32 Å². The molecule has 0 bridgehead atoms. The zero-order valence-electron chi connectivity index (χ0n) is 11.5. The van der Waals surface area contributed by atoms with Gasteiger partial charge in [0.05, 0.1) is 32.7 Å².